The maximum Gasteiger partial charge on any atom is 0.256 e. The Hall–Kier alpha value is -2.34. The first kappa shape index (κ1) is 21.9. The van der Waals surface area contributed by atoms with Crippen LogP contribution < -0.4 is 4.90 Å². The zero-order chi connectivity index (χ0) is 22.0. The molecule has 168 valence electrons. The van der Waals surface area contributed by atoms with Crippen molar-refractivity contribution in [3.8, 4) is 0 Å². The number of aromatic nitrogens is 2. The summed E-state index contributed by atoms with van der Waals surface area (Å²) in [6.07, 6.45) is 7.49. The van der Waals surface area contributed by atoms with E-state index < -0.39 is 0 Å². The number of likely N-dealkylation sites (tertiary alicyclic amines) is 1. The molecule has 3 heterocycles. The number of nitrogens with zero attached hydrogens (tertiary/aromatic N) is 5. The molecule has 0 radical (unpaired) electrons. The Balaban J connectivity index is 1.32. The first-order valence-corrected chi connectivity index (χ1v) is 11.8. The fourth-order valence-corrected chi connectivity index (χ4v) is 5.11. The molecular weight excluding hydrogens is 386 g/mol. The lowest BCUT2D eigenvalue weighted by atomic mass is 9.91. The van der Waals surface area contributed by atoms with E-state index in [0.717, 1.165) is 43.9 Å². The molecule has 4 rings (SSSR count). The minimum absolute atomic E-state index is 0.0506. The van der Waals surface area contributed by atoms with Crippen LogP contribution >= 0.6 is 0 Å². The topological polar surface area (TPSA) is 44.6 Å². The van der Waals surface area contributed by atoms with Crippen molar-refractivity contribution in [1.82, 2.24) is 19.6 Å². The van der Waals surface area contributed by atoms with Gasteiger partial charge in [-0.15, -0.1) is 0 Å². The van der Waals surface area contributed by atoms with Crippen molar-refractivity contribution in [2.75, 3.05) is 45.2 Å². The van der Waals surface area contributed by atoms with Crippen LogP contribution in [0.3, 0.4) is 0 Å². The molecule has 0 saturated carbocycles. The molecule has 1 amide bonds. The zero-order valence-electron chi connectivity index (χ0n) is 19.6. The number of benzene rings is 1. The maximum atomic E-state index is 12.5. The van der Waals surface area contributed by atoms with Crippen LogP contribution in [0.4, 0.5) is 5.69 Å². The van der Waals surface area contributed by atoms with Gasteiger partial charge in [0.25, 0.3) is 5.91 Å². The Kier molecular flexibility index (Phi) is 6.65. The first-order chi connectivity index (χ1) is 14.9. The van der Waals surface area contributed by atoms with Crippen molar-refractivity contribution in [2.45, 2.75) is 45.6 Å². The first-order valence-electron chi connectivity index (χ1n) is 11.8. The third kappa shape index (κ3) is 4.95. The molecular formula is C25H37N5O. The quantitative estimate of drug-likeness (QED) is 0.685. The number of hydrogen-bond acceptors (Lipinski definition) is 4. The molecule has 6 heteroatoms. The highest BCUT2D eigenvalue weighted by Gasteiger charge is 2.25. The Morgan fingerprint density at radius 2 is 1.97 bits per heavy atom. The number of fused-ring (bicyclic) bond motifs is 1. The van der Waals surface area contributed by atoms with Crippen molar-refractivity contribution in [2.24, 2.45) is 13.0 Å². The number of amides is 1. The summed E-state index contributed by atoms with van der Waals surface area (Å²) >= 11 is 0. The Morgan fingerprint density at radius 3 is 2.68 bits per heavy atom. The van der Waals surface area contributed by atoms with Gasteiger partial charge in [-0.2, -0.15) is 5.10 Å². The Morgan fingerprint density at radius 1 is 1.19 bits per heavy atom. The van der Waals surface area contributed by atoms with E-state index in [4.69, 9.17) is 0 Å². The van der Waals surface area contributed by atoms with Gasteiger partial charge in [0.05, 0.1) is 11.3 Å². The minimum Gasteiger partial charge on any atom is -0.371 e. The van der Waals surface area contributed by atoms with E-state index in [9.17, 15) is 4.79 Å². The average Bonchev–Trinajstić information content (AvgIpc) is 3.32. The van der Waals surface area contributed by atoms with Gasteiger partial charge < -0.3 is 9.80 Å². The summed E-state index contributed by atoms with van der Waals surface area (Å²) < 4.78 is 1.77. The van der Waals surface area contributed by atoms with Gasteiger partial charge in [-0.05, 0) is 68.3 Å². The van der Waals surface area contributed by atoms with Gasteiger partial charge in [-0.1, -0.05) is 19.1 Å². The summed E-state index contributed by atoms with van der Waals surface area (Å²) in [5, 5.41) is 4.60. The van der Waals surface area contributed by atoms with E-state index in [0.29, 0.717) is 5.92 Å². The van der Waals surface area contributed by atoms with Gasteiger partial charge in [-0.3, -0.25) is 14.4 Å². The molecule has 1 aromatic carbocycles. The number of carbonyl (C=O) groups excluding carboxylic acids is 1. The van der Waals surface area contributed by atoms with Crippen LogP contribution in [0.25, 0.3) is 0 Å². The van der Waals surface area contributed by atoms with E-state index >= 15 is 0 Å². The Bertz CT molecular complexity index is 911. The second-order valence-corrected chi connectivity index (χ2v) is 9.49. The normalized spacial score (nSPS) is 17.2. The molecule has 0 unspecified atom stereocenters. The molecule has 0 bridgehead atoms. The monoisotopic (exact) mass is 423 g/mol. The van der Waals surface area contributed by atoms with Crippen molar-refractivity contribution in [3.05, 3.63) is 46.8 Å². The van der Waals surface area contributed by atoms with Gasteiger partial charge in [0, 0.05) is 52.7 Å². The second-order valence-electron chi connectivity index (χ2n) is 9.49. The van der Waals surface area contributed by atoms with Gasteiger partial charge in [0.15, 0.2) is 0 Å². The predicted molar refractivity (Wildman–Crippen MR) is 126 cm³/mol. The third-order valence-electron chi connectivity index (χ3n) is 6.77. The number of carbonyl (C=O) groups is 1. The summed E-state index contributed by atoms with van der Waals surface area (Å²) in [5.74, 6) is 0.650. The van der Waals surface area contributed by atoms with E-state index in [1.165, 1.54) is 49.0 Å². The lowest BCUT2D eigenvalue weighted by molar-refractivity contribution is 0.0826. The van der Waals surface area contributed by atoms with Crippen LogP contribution in [-0.4, -0.2) is 65.8 Å². The fourth-order valence-electron chi connectivity index (χ4n) is 5.11. The van der Waals surface area contributed by atoms with Crippen molar-refractivity contribution >= 4 is 11.6 Å². The fraction of sp³-hybridized carbons (Fsp3) is 0.600. The standard InChI is InChI=1S/C25H37N5O/c1-5-11-30-14-10-21-15-20(6-7-24(21)30)17-29-12-8-19(9-13-29)16-23-22(18-28(4)26-23)25(31)27(2)3/h6-7,15,18-19H,5,8-14,16-17H2,1-4H3. The van der Waals surface area contributed by atoms with Gasteiger partial charge >= 0.3 is 0 Å². The predicted octanol–water partition coefficient (Wildman–Crippen LogP) is 3.35. The Labute approximate surface area is 186 Å². The van der Waals surface area contributed by atoms with Gasteiger partial charge in [0.1, 0.15) is 0 Å². The smallest absolute Gasteiger partial charge is 0.256 e. The van der Waals surface area contributed by atoms with Crippen LogP contribution in [0, 0.1) is 5.92 Å². The van der Waals surface area contributed by atoms with Crippen LogP contribution in [0.2, 0.25) is 0 Å². The van der Waals surface area contributed by atoms with Crippen LogP contribution in [0.1, 0.15) is 53.4 Å². The van der Waals surface area contributed by atoms with Gasteiger partial charge in [-0.25, -0.2) is 0 Å². The average molecular weight is 424 g/mol. The van der Waals surface area contributed by atoms with E-state index in [1.807, 2.05) is 13.2 Å². The molecule has 31 heavy (non-hydrogen) atoms. The second kappa shape index (κ2) is 9.43. The summed E-state index contributed by atoms with van der Waals surface area (Å²) in [6, 6.07) is 7.10. The molecule has 0 spiro atoms. The van der Waals surface area contributed by atoms with E-state index in [-0.39, 0.29) is 5.91 Å². The summed E-state index contributed by atoms with van der Waals surface area (Å²) in [7, 11) is 5.51. The summed E-state index contributed by atoms with van der Waals surface area (Å²) in [6.45, 7) is 7.87. The highest BCUT2D eigenvalue weighted by atomic mass is 16.2. The number of rotatable bonds is 7. The van der Waals surface area contributed by atoms with Gasteiger partial charge in [0.2, 0.25) is 0 Å². The van der Waals surface area contributed by atoms with Crippen molar-refractivity contribution in [1.29, 1.82) is 0 Å². The van der Waals surface area contributed by atoms with Crippen molar-refractivity contribution in [3.63, 3.8) is 0 Å². The molecule has 1 aromatic heterocycles. The zero-order valence-corrected chi connectivity index (χ0v) is 19.6. The molecule has 1 fully saturated rings. The molecule has 6 nitrogen and oxygen atoms in total. The third-order valence-corrected chi connectivity index (χ3v) is 6.77. The minimum atomic E-state index is 0.0506. The van der Waals surface area contributed by atoms with Crippen LogP contribution in [0.15, 0.2) is 24.4 Å². The van der Waals surface area contributed by atoms with Crippen LogP contribution in [0.5, 0.6) is 0 Å². The maximum absolute atomic E-state index is 12.5. The number of anilines is 1. The summed E-state index contributed by atoms with van der Waals surface area (Å²) in [5.41, 5.74) is 6.12. The molecule has 2 aromatic rings. The molecule has 1 saturated heterocycles. The summed E-state index contributed by atoms with van der Waals surface area (Å²) in [4.78, 5) is 19.2. The number of hydrogen-bond donors (Lipinski definition) is 0. The highest BCUT2D eigenvalue weighted by Crippen LogP contribution is 2.30. The molecule has 0 aliphatic carbocycles. The molecule has 2 aliphatic heterocycles. The molecule has 0 atom stereocenters. The number of piperidine rings is 1. The number of aryl methyl sites for hydroxylation is 1. The lowest BCUT2D eigenvalue weighted by Gasteiger charge is -2.32. The van der Waals surface area contributed by atoms with E-state index in [1.54, 1.807) is 23.7 Å². The van der Waals surface area contributed by atoms with Crippen LogP contribution in [-0.2, 0) is 26.4 Å². The molecule has 0 N–H and O–H groups in total. The SMILES string of the molecule is CCCN1CCc2cc(CN3CCC(Cc4nn(C)cc4C(=O)N(C)C)CC3)ccc21. The lowest BCUT2D eigenvalue weighted by Crippen LogP contribution is -2.34. The largest absolute Gasteiger partial charge is 0.371 e. The van der Waals surface area contributed by atoms with E-state index in [2.05, 4.69) is 40.0 Å². The van der Waals surface area contributed by atoms with Crippen molar-refractivity contribution < 1.29 is 4.79 Å². The molecule has 2 aliphatic rings. The highest BCUT2D eigenvalue weighted by molar-refractivity contribution is 5.94.